The number of hydrogen-bond acceptors (Lipinski definition) is 6. The van der Waals surface area contributed by atoms with Crippen LogP contribution in [0.3, 0.4) is 0 Å². The Bertz CT molecular complexity index is 846. The van der Waals surface area contributed by atoms with Crippen LogP contribution in [0.25, 0.3) is 11.5 Å². The molecule has 0 bridgehead atoms. The Hall–Kier alpha value is -2.80. The summed E-state index contributed by atoms with van der Waals surface area (Å²) in [6.07, 6.45) is 2.01. The molecule has 1 heterocycles. The maximum Gasteiger partial charge on any atom is 0.322 e. The highest BCUT2D eigenvalue weighted by Crippen LogP contribution is 2.24. The topological polar surface area (TPSA) is 77.2 Å². The van der Waals surface area contributed by atoms with Crippen LogP contribution >= 0.6 is 11.8 Å². The summed E-state index contributed by atoms with van der Waals surface area (Å²) in [5, 5.41) is 10.4. The lowest BCUT2D eigenvalue weighted by atomic mass is 10.2. The van der Waals surface area contributed by atoms with Gasteiger partial charge in [-0.3, -0.25) is 10.1 Å². The third kappa shape index (κ3) is 3.41. The van der Waals surface area contributed by atoms with Crippen molar-refractivity contribution in [1.29, 1.82) is 0 Å². The number of benzene rings is 2. The van der Waals surface area contributed by atoms with E-state index in [0.717, 1.165) is 10.5 Å². The molecule has 0 radical (unpaired) electrons. The summed E-state index contributed by atoms with van der Waals surface area (Å²) in [7, 11) is 1.51. The molecule has 0 fully saturated rings. The van der Waals surface area contributed by atoms with Gasteiger partial charge in [0.25, 0.3) is 5.91 Å². The van der Waals surface area contributed by atoms with Crippen LogP contribution in [0.4, 0.5) is 6.01 Å². The van der Waals surface area contributed by atoms with Crippen LogP contribution in [0, 0.1) is 0 Å². The summed E-state index contributed by atoms with van der Waals surface area (Å²) in [5.41, 5.74) is 1.18. The lowest BCUT2D eigenvalue weighted by Crippen LogP contribution is -2.13. The third-order valence-electron chi connectivity index (χ3n) is 3.33. The first kappa shape index (κ1) is 16.1. The molecule has 1 N–H and O–H groups in total. The number of nitrogens with zero attached hydrogens (tertiary/aromatic N) is 2. The van der Waals surface area contributed by atoms with Crippen molar-refractivity contribution in [1.82, 2.24) is 10.2 Å². The van der Waals surface area contributed by atoms with E-state index in [0.29, 0.717) is 17.2 Å². The summed E-state index contributed by atoms with van der Waals surface area (Å²) in [6.45, 7) is 0. The molecule has 122 valence electrons. The fraction of sp³-hybridized carbons (Fsp3) is 0.118. The van der Waals surface area contributed by atoms with Crippen LogP contribution in [0.15, 0.2) is 57.8 Å². The molecule has 24 heavy (non-hydrogen) atoms. The first-order chi connectivity index (χ1) is 11.7. The van der Waals surface area contributed by atoms with Gasteiger partial charge in [-0.25, -0.2) is 0 Å². The van der Waals surface area contributed by atoms with Gasteiger partial charge in [-0.15, -0.1) is 16.9 Å². The van der Waals surface area contributed by atoms with E-state index >= 15 is 0 Å². The molecule has 1 amide bonds. The zero-order valence-electron chi connectivity index (χ0n) is 13.1. The van der Waals surface area contributed by atoms with Crippen molar-refractivity contribution < 1.29 is 13.9 Å². The number of rotatable bonds is 5. The van der Waals surface area contributed by atoms with Crippen molar-refractivity contribution in [3.8, 4) is 17.2 Å². The Labute approximate surface area is 143 Å². The Kier molecular flexibility index (Phi) is 4.81. The molecule has 0 saturated carbocycles. The molecule has 3 aromatic rings. The SMILES string of the molecule is COc1ccccc1C(=O)Nc1nnc(-c2ccc(SC)cc2)o1. The number of methoxy groups -OCH3 is 1. The first-order valence-corrected chi connectivity index (χ1v) is 8.36. The molecule has 6 nitrogen and oxygen atoms in total. The predicted molar refractivity (Wildman–Crippen MR) is 92.5 cm³/mol. The van der Waals surface area contributed by atoms with Gasteiger partial charge in [-0.1, -0.05) is 17.2 Å². The maximum atomic E-state index is 12.3. The minimum Gasteiger partial charge on any atom is -0.496 e. The molecule has 0 unspecified atom stereocenters. The third-order valence-corrected chi connectivity index (χ3v) is 4.08. The standard InChI is InChI=1S/C17H15N3O3S/c1-22-14-6-4-3-5-13(14)15(21)18-17-20-19-16(23-17)11-7-9-12(24-2)10-8-11/h3-10H,1-2H3,(H,18,20,21). The van der Waals surface area contributed by atoms with E-state index in [2.05, 4.69) is 15.5 Å². The Balaban J connectivity index is 1.77. The summed E-state index contributed by atoms with van der Waals surface area (Å²) < 4.78 is 10.7. The van der Waals surface area contributed by atoms with E-state index < -0.39 is 0 Å². The number of anilines is 1. The van der Waals surface area contributed by atoms with Crippen molar-refractivity contribution in [2.45, 2.75) is 4.90 Å². The van der Waals surface area contributed by atoms with Gasteiger partial charge < -0.3 is 9.15 Å². The number of para-hydroxylation sites is 1. The Morgan fingerprint density at radius 3 is 2.58 bits per heavy atom. The van der Waals surface area contributed by atoms with Gasteiger partial charge in [0.15, 0.2) is 0 Å². The number of hydrogen-bond donors (Lipinski definition) is 1. The molecule has 0 aliphatic rings. The smallest absolute Gasteiger partial charge is 0.322 e. The van der Waals surface area contributed by atoms with Gasteiger partial charge in [-0.05, 0) is 42.7 Å². The number of ether oxygens (including phenoxy) is 1. The van der Waals surface area contributed by atoms with Gasteiger partial charge in [0.05, 0.1) is 12.7 Å². The van der Waals surface area contributed by atoms with E-state index in [1.807, 2.05) is 30.5 Å². The molecule has 0 aliphatic carbocycles. The van der Waals surface area contributed by atoms with Crippen LogP contribution in [0.1, 0.15) is 10.4 Å². The largest absolute Gasteiger partial charge is 0.496 e. The van der Waals surface area contributed by atoms with Crippen molar-refractivity contribution in [3.63, 3.8) is 0 Å². The minimum atomic E-state index is -0.375. The van der Waals surface area contributed by atoms with Gasteiger partial charge in [-0.2, -0.15) is 0 Å². The predicted octanol–water partition coefficient (Wildman–Crippen LogP) is 3.72. The normalized spacial score (nSPS) is 10.4. The molecule has 7 heteroatoms. The summed E-state index contributed by atoms with van der Waals surface area (Å²) in [5.74, 6) is 0.445. The molecule has 0 aliphatic heterocycles. The fourth-order valence-electron chi connectivity index (χ4n) is 2.12. The molecule has 3 rings (SSSR count). The first-order valence-electron chi connectivity index (χ1n) is 7.13. The molecular weight excluding hydrogens is 326 g/mol. The fourth-order valence-corrected chi connectivity index (χ4v) is 2.53. The van der Waals surface area contributed by atoms with Crippen LogP contribution in [-0.4, -0.2) is 29.5 Å². The molecule has 0 spiro atoms. The minimum absolute atomic E-state index is 0.0369. The summed E-state index contributed by atoms with van der Waals surface area (Å²) in [4.78, 5) is 13.4. The lowest BCUT2D eigenvalue weighted by molar-refractivity contribution is 0.102. The van der Waals surface area contributed by atoms with Crippen LogP contribution in [0.5, 0.6) is 5.75 Å². The molecule has 0 saturated heterocycles. The van der Waals surface area contributed by atoms with E-state index in [1.54, 1.807) is 36.0 Å². The second-order valence-electron chi connectivity index (χ2n) is 4.80. The monoisotopic (exact) mass is 341 g/mol. The van der Waals surface area contributed by atoms with E-state index in [9.17, 15) is 4.79 Å². The van der Waals surface area contributed by atoms with Crippen LogP contribution < -0.4 is 10.1 Å². The zero-order chi connectivity index (χ0) is 16.9. The number of amides is 1. The quantitative estimate of drug-likeness (QED) is 0.713. The highest BCUT2D eigenvalue weighted by Gasteiger charge is 2.15. The van der Waals surface area contributed by atoms with Gasteiger partial charge in [0, 0.05) is 10.5 Å². The Morgan fingerprint density at radius 1 is 1.12 bits per heavy atom. The van der Waals surface area contributed by atoms with Crippen molar-refractivity contribution >= 4 is 23.7 Å². The second kappa shape index (κ2) is 7.18. The lowest BCUT2D eigenvalue weighted by Gasteiger charge is -2.06. The summed E-state index contributed by atoms with van der Waals surface area (Å²) >= 11 is 1.65. The average molecular weight is 341 g/mol. The van der Waals surface area contributed by atoms with E-state index in [4.69, 9.17) is 9.15 Å². The number of aromatic nitrogens is 2. The van der Waals surface area contributed by atoms with Crippen molar-refractivity contribution in [2.75, 3.05) is 18.7 Å². The number of carbonyl (C=O) groups excluding carboxylic acids is 1. The zero-order valence-corrected chi connectivity index (χ0v) is 14.0. The number of nitrogens with one attached hydrogen (secondary N) is 1. The summed E-state index contributed by atoms with van der Waals surface area (Å²) in [6, 6.07) is 14.7. The second-order valence-corrected chi connectivity index (χ2v) is 5.67. The molecule has 0 atom stereocenters. The number of thioether (sulfide) groups is 1. The van der Waals surface area contributed by atoms with Crippen molar-refractivity contribution in [2.24, 2.45) is 0 Å². The average Bonchev–Trinajstić information content (AvgIpc) is 3.10. The van der Waals surface area contributed by atoms with Gasteiger partial charge >= 0.3 is 6.01 Å². The Morgan fingerprint density at radius 2 is 1.88 bits per heavy atom. The molecular formula is C17H15N3O3S. The van der Waals surface area contributed by atoms with Crippen molar-refractivity contribution in [3.05, 3.63) is 54.1 Å². The van der Waals surface area contributed by atoms with Crippen LogP contribution in [-0.2, 0) is 0 Å². The molecule has 2 aromatic carbocycles. The van der Waals surface area contributed by atoms with Gasteiger partial charge in [0.1, 0.15) is 5.75 Å². The maximum absolute atomic E-state index is 12.3. The highest BCUT2D eigenvalue weighted by atomic mass is 32.2. The number of carbonyl (C=O) groups is 1. The van der Waals surface area contributed by atoms with Crippen LogP contribution in [0.2, 0.25) is 0 Å². The highest BCUT2D eigenvalue weighted by molar-refractivity contribution is 7.98. The van der Waals surface area contributed by atoms with E-state index in [-0.39, 0.29) is 11.9 Å². The van der Waals surface area contributed by atoms with E-state index in [1.165, 1.54) is 7.11 Å². The molecule has 1 aromatic heterocycles. The van der Waals surface area contributed by atoms with Gasteiger partial charge in [0.2, 0.25) is 5.89 Å².